The van der Waals surface area contributed by atoms with Crippen LogP contribution in [-0.2, 0) is 6.61 Å². The molecule has 2 aromatic rings. The molecule has 0 bridgehead atoms. The molecule has 0 aliphatic carbocycles. The molecule has 0 heterocycles. The van der Waals surface area contributed by atoms with Crippen molar-refractivity contribution in [1.82, 2.24) is 0 Å². The zero-order valence-electron chi connectivity index (χ0n) is 12.3. The van der Waals surface area contributed by atoms with Gasteiger partial charge in [0.25, 0.3) is 0 Å². The summed E-state index contributed by atoms with van der Waals surface area (Å²) in [7, 11) is 1.56. The maximum atomic E-state index is 12.4. The maximum absolute atomic E-state index is 12.4. The zero-order chi connectivity index (χ0) is 16.7. The molecule has 0 radical (unpaired) electrons. The molecule has 0 spiro atoms. The number of rotatable bonds is 7. The van der Waals surface area contributed by atoms with Crippen molar-refractivity contribution in [2.75, 3.05) is 7.11 Å². The Morgan fingerprint density at radius 2 is 1.87 bits per heavy atom. The molecule has 0 unspecified atom stereocenters. The van der Waals surface area contributed by atoms with Crippen molar-refractivity contribution in [3.63, 3.8) is 0 Å². The van der Waals surface area contributed by atoms with Crippen LogP contribution in [0.15, 0.2) is 47.6 Å². The van der Waals surface area contributed by atoms with E-state index < -0.39 is 6.61 Å². The molecule has 0 aromatic heterocycles. The van der Waals surface area contributed by atoms with Crippen LogP contribution in [0, 0.1) is 0 Å². The van der Waals surface area contributed by atoms with Gasteiger partial charge in [-0.2, -0.15) is 8.78 Å². The summed E-state index contributed by atoms with van der Waals surface area (Å²) in [6.07, 6.45) is 1.16. The zero-order valence-corrected chi connectivity index (χ0v) is 12.3. The fraction of sp³-hybridized carbons (Fsp3) is 0.188. The smallest absolute Gasteiger partial charge is 0.387 e. The molecular weight excluding hydrogens is 308 g/mol. The summed E-state index contributed by atoms with van der Waals surface area (Å²) in [5, 5.41) is 11.4. The normalized spacial score (nSPS) is 11.0. The van der Waals surface area contributed by atoms with Gasteiger partial charge in [0.2, 0.25) is 0 Å². The lowest BCUT2D eigenvalue weighted by Crippen LogP contribution is -2.05. The largest absolute Gasteiger partial charge is 0.497 e. The SMILES string of the molecule is COc1ccc(COc2cc(/C=N/O)ccc2OC(F)F)cc1. The first-order valence-corrected chi connectivity index (χ1v) is 6.64. The van der Waals surface area contributed by atoms with Gasteiger partial charge in [0.05, 0.1) is 13.3 Å². The van der Waals surface area contributed by atoms with Crippen LogP contribution in [0.2, 0.25) is 0 Å². The Morgan fingerprint density at radius 3 is 2.48 bits per heavy atom. The molecule has 0 aliphatic heterocycles. The van der Waals surface area contributed by atoms with Gasteiger partial charge in [0.15, 0.2) is 11.5 Å². The van der Waals surface area contributed by atoms with Gasteiger partial charge in [-0.15, -0.1) is 0 Å². The summed E-state index contributed by atoms with van der Waals surface area (Å²) in [6.45, 7) is -2.81. The van der Waals surface area contributed by atoms with Crippen LogP contribution in [-0.4, -0.2) is 25.1 Å². The highest BCUT2D eigenvalue weighted by molar-refractivity contribution is 5.80. The van der Waals surface area contributed by atoms with Crippen molar-refractivity contribution >= 4 is 6.21 Å². The summed E-state index contributed by atoms with van der Waals surface area (Å²) in [4.78, 5) is 0. The van der Waals surface area contributed by atoms with Gasteiger partial charge in [0.1, 0.15) is 12.4 Å². The number of benzene rings is 2. The van der Waals surface area contributed by atoms with Crippen molar-refractivity contribution in [2.45, 2.75) is 13.2 Å². The van der Waals surface area contributed by atoms with Gasteiger partial charge >= 0.3 is 6.61 Å². The second-order valence-corrected chi connectivity index (χ2v) is 4.47. The standard InChI is InChI=1S/C16H15F2NO4/c1-21-13-5-2-11(3-6-13)10-22-15-8-12(9-19-20)4-7-14(15)23-16(17)18/h2-9,16,20H,10H2,1H3/b19-9+. The van der Waals surface area contributed by atoms with E-state index in [0.29, 0.717) is 11.3 Å². The Balaban J connectivity index is 2.15. The third-order valence-corrected chi connectivity index (χ3v) is 2.94. The monoisotopic (exact) mass is 323 g/mol. The topological polar surface area (TPSA) is 60.3 Å². The molecule has 5 nitrogen and oxygen atoms in total. The van der Waals surface area contributed by atoms with Crippen molar-refractivity contribution in [3.8, 4) is 17.2 Å². The van der Waals surface area contributed by atoms with Gasteiger partial charge in [-0.05, 0) is 35.9 Å². The fourth-order valence-corrected chi connectivity index (χ4v) is 1.86. The van der Waals surface area contributed by atoms with Crippen LogP contribution >= 0.6 is 0 Å². The Labute approximate surface area is 131 Å². The molecule has 0 aliphatic rings. The lowest BCUT2D eigenvalue weighted by molar-refractivity contribution is -0.0515. The maximum Gasteiger partial charge on any atom is 0.387 e. The van der Waals surface area contributed by atoms with E-state index in [-0.39, 0.29) is 18.1 Å². The Morgan fingerprint density at radius 1 is 1.13 bits per heavy atom. The highest BCUT2D eigenvalue weighted by Gasteiger charge is 2.12. The van der Waals surface area contributed by atoms with E-state index in [1.54, 1.807) is 31.4 Å². The molecule has 2 rings (SSSR count). The highest BCUT2D eigenvalue weighted by Crippen LogP contribution is 2.30. The quantitative estimate of drug-likeness (QED) is 0.480. The molecule has 0 fully saturated rings. The Hall–Kier alpha value is -2.83. The molecule has 122 valence electrons. The van der Waals surface area contributed by atoms with Crippen molar-refractivity contribution in [3.05, 3.63) is 53.6 Å². The van der Waals surface area contributed by atoms with Gasteiger partial charge < -0.3 is 19.4 Å². The summed E-state index contributed by atoms with van der Waals surface area (Å²) in [6, 6.07) is 11.4. The third-order valence-electron chi connectivity index (χ3n) is 2.94. The van der Waals surface area contributed by atoms with E-state index in [2.05, 4.69) is 9.89 Å². The summed E-state index contributed by atoms with van der Waals surface area (Å²) >= 11 is 0. The number of ether oxygens (including phenoxy) is 3. The minimum absolute atomic E-state index is 0.0939. The van der Waals surface area contributed by atoms with E-state index in [1.165, 1.54) is 18.2 Å². The molecule has 23 heavy (non-hydrogen) atoms. The fourth-order valence-electron chi connectivity index (χ4n) is 1.86. The van der Waals surface area contributed by atoms with E-state index in [1.807, 2.05) is 0 Å². The molecule has 0 amide bonds. The van der Waals surface area contributed by atoms with E-state index in [9.17, 15) is 8.78 Å². The van der Waals surface area contributed by atoms with Crippen LogP contribution in [0.1, 0.15) is 11.1 Å². The van der Waals surface area contributed by atoms with Crippen LogP contribution < -0.4 is 14.2 Å². The van der Waals surface area contributed by atoms with Crippen LogP contribution in [0.5, 0.6) is 17.2 Å². The second-order valence-electron chi connectivity index (χ2n) is 4.47. The van der Waals surface area contributed by atoms with Gasteiger partial charge in [-0.25, -0.2) is 0 Å². The number of halogens is 2. The summed E-state index contributed by atoms with van der Waals surface area (Å²) < 4.78 is 39.9. The average molecular weight is 323 g/mol. The number of hydrogen-bond acceptors (Lipinski definition) is 5. The van der Waals surface area contributed by atoms with Crippen LogP contribution in [0.25, 0.3) is 0 Å². The first-order chi connectivity index (χ1) is 11.1. The van der Waals surface area contributed by atoms with E-state index in [0.717, 1.165) is 11.8 Å². The number of hydrogen-bond donors (Lipinski definition) is 1. The van der Waals surface area contributed by atoms with Gasteiger partial charge in [0, 0.05) is 5.56 Å². The number of alkyl halides is 2. The minimum atomic E-state index is -2.96. The molecule has 1 N–H and O–H groups in total. The first-order valence-electron chi connectivity index (χ1n) is 6.64. The van der Waals surface area contributed by atoms with Crippen LogP contribution in [0.3, 0.4) is 0 Å². The lowest BCUT2D eigenvalue weighted by Gasteiger charge is -2.13. The van der Waals surface area contributed by atoms with Crippen molar-refractivity contribution in [2.24, 2.45) is 5.16 Å². The minimum Gasteiger partial charge on any atom is -0.497 e. The first kappa shape index (κ1) is 16.5. The van der Waals surface area contributed by atoms with Crippen molar-refractivity contribution < 1.29 is 28.2 Å². The van der Waals surface area contributed by atoms with E-state index in [4.69, 9.17) is 14.7 Å². The van der Waals surface area contributed by atoms with E-state index >= 15 is 0 Å². The number of oxime groups is 1. The predicted molar refractivity (Wildman–Crippen MR) is 79.8 cm³/mol. The second kappa shape index (κ2) is 7.98. The molecule has 7 heteroatoms. The predicted octanol–water partition coefficient (Wildman–Crippen LogP) is 3.68. The van der Waals surface area contributed by atoms with Crippen LogP contribution in [0.4, 0.5) is 8.78 Å². The third kappa shape index (κ3) is 4.84. The van der Waals surface area contributed by atoms with Gasteiger partial charge in [-0.3, -0.25) is 0 Å². The molecular formula is C16H15F2NO4. The average Bonchev–Trinajstić information content (AvgIpc) is 2.55. The molecule has 0 saturated heterocycles. The molecule has 0 atom stereocenters. The van der Waals surface area contributed by atoms with Crippen molar-refractivity contribution in [1.29, 1.82) is 0 Å². The van der Waals surface area contributed by atoms with Gasteiger partial charge in [-0.1, -0.05) is 17.3 Å². The number of methoxy groups -OCH3 is 1. The summed E-state index contributed by atoms with van der Waals surface area (Å²) in [5.74, 6) is 0.735. The molecule has 2 aromatic carbocycles. The molecule has 0 saturated carbocycles. The Bertz CT molecular complexity index is 660. The number of nitrogens with zero attached hydrogens (tertiary/aromatic N) is 1. The lowest BCUT2D eigenvalue weighted by atomic mass is 10.2. The Kier molecular flexibility index (Phi) is 5.74. The summed E-state index contributed by atoms with van der Waals surface area (Å²) in [5.41, 5.74) is 1.31. The highest BCUT2D eigenvalue weighted by atomic mass is 19.3.